The summed E-state index contributed by atoms with van der Waals surface area (Å²) in [7, 11) is 0. The van der Waals surface area contributed by atoms with E-state index in [1.807, 2.05) is 70.2 Å². The molecule has 3 aromatic carbocycles. The molecule has 0 aromatic heterocycles. The largest absolute Gasteiger partial charge is 0.352 e. The second kappa shape index (κ2) is 10.9. The molecule has 0 unspecified atom stereocenters. The Morgan fingerprint density at radius 2 is 1.62 bits per heavy atom. The van der Waals surface area contributed by atoms with E-state index in [4.69, 9.17) is 0 Å². The van der Waals surface area contributed by atoms with Crippen molar-refractivity contribution in [2.24, 2.45) is 0 Å². The molecule has 32 heavy (non-hydrogen) atoms. The SMILES string of the molecule is CC[C@@H](C(=O)NC(C)C)N(Cc1ccc(C)cc1)C(=O)CCc1cccc2ccccc12. The Labute approximate surface area is 191 Å². The molecule has 0 aliphatic carbocycles. The van der Waals surface area contributed by atoms with Crippen LogP contribution in [0.5, 0.6) is 0 Å². The van der Waals surface area contributed by atoms with Crippen molar-refractivity contribution in [2.45, 2.75) is 65.6 Å². The average molecular weight is 431 g/mol. The van der Waals surface area contributed by atoms with Gasteiger partial charge in [0.25, 0.3) is 0 Å². The third-order valence-electron chi connectivity index (χ3n) is 5.78. The van der Waals surface area contributed by atoms with Gasteiger partial charge >= 0.3 is 0 Å². The molecule has 0 heterocycles. The van der Waals surface area contributed by atoms with Crippen molar-refractivity contribution in [1.29, 1.82) is 0 Å². The first-order chi connectivity index (χ1) is 15.4. The fourth-order valence-electron chi connectivity index (χ4n) is 4.09. The summed E-state index contributed by atoms with van der Waals surface area (Å²) in [6.07, 6.45) is 1.59. The second-order valence-electron chi connectivity index (χ2n) is 8.73. The van der Waals surface area contributed by atoms with E-state index in [1.54, 1.807) is 4.90 Å². The highest BCUT2D eigenvalue weighted by Gasteiger charge is 2.28. The average Bonchev–Trinajstić information content (AvgIpc) is 2.78. The molecule has 0 spiro atoms. The molecule has 2 amide bonds. The minimum Gasteiger partial charge on any atom is -0.352 e. The maximum absolute atomic E-state index is 13.5. The summed E-state index contributed by atoms with van der Waals surface area (Å²) in [5.74, 6) is -0.0858. The van der Waals surface area contributed by atoms with Crippen molar-refractivity contribution in [3.05, 3.63) is 83.4 Å². The second-order valence-corrected chi connectivity index (χ2v) is 8.73. The highest BCUT2D eigenvalue weighted by Crippen LogP contribution is 2.21. The Hall–Kier alpha value is -3.14. The van der Waals surface area contributed by atoms with Gasteiger partial charge in [0.1, 0.15) is 6.04 Å². The highest BCUT2D eigenvalue weighted by atomic mass is 16.2. The summed E-state index contributed by atoms with van der Waals surface area (Å²) in [6, 6.07) is 22.2. The fraction of sp³-hybridized carbons (Fsp3) is 0.357. The van der Waals surface area contributed by atoms with Crippen LogP contribution in [0.25, 0.3) is 10.8 Å². The number of benzene rings is 3. The number of carbonyl (C=O) groups excluding carboxylic acids is 2. The Balaban J connectivity index is 1.82. The van der Waals surface area contributed by atoms with Crippen LogP contribution in [-0.4, -0.2) is 28.8 Å². The van der Waals surface area contributed by atoms with Crippen LogP contribution in [0.2, 0.25) is 0 Å². The van der Waals surface area contributed by atoms with E-state index in [2.05, 4.69) is 29.6 Å². The molecule has 4 nitrogen and oxygen atoms in total. The van der Waals surface area contributed by atoms with E-state index in [1.165, 1.54) is 16.3 Å². The van der Waals surface area contributed by atoms with Gasteiger partial charge in [-0.2, -0.15) is 0 Å². The normalized spacial score (nSPS) is 12.0. The van der Waals surface area contributed by atoms with Gasteiger partial charge in [-0.05, 0) is 55.5 Å². The van der Waals surface area contributed by atoms with Crippen molar-refractivity contribution in [2.75, 3.05) is 0 Å². The lowest BCUT2D eigenvalue weighted by atomic mass is 10.00. The van der Waals surface area contributed by atoms with Crippen molar-refractivity contribution in [3.63, 3.8) is 0 Å². The summed E-state index contributed by atoms with van der Waals surface area (Å²) in [5, 5.41) is 5.34. The zero-order valence-corrected chi connectivity index (χ0v) is 19.6. The third kappa shape index (κ3) is 5.97. The predicted molar refractivity (Wildman–Crippen MR) is 131 cm³/mol. The molecule has 168 valence electrons. The van der Waals surface area contributed by atoms with Crippen LogP contribution in [0, 0.1) is 6.92 Å². The van der Waals surface area contributed by atoms with E-state index in [0.717, 1.165) is 11.1 Å². The summed E-state index contributed by atoms with van der Waals surface area (Å²) in [4.78, 5) is 28.1. The summed E-state index contributed by atoms with van der Waals surface area (Å²) in [6.45, 7) is 8.32. The molecular formula is C28H34N2O2. The van der Waals surface area contributed by atoms with Crippen LogP contribution in [0.4, 0.5) is 0 Å². The molecule has 0 saturated heterocycles. The van der Waals surface area contributed by atoms with Crippen molar-refractivity contribution in [3.8, 4) is 0 Å². The summed E-state index contributed by atoms with van der Waals surface area (Å²) >= 11 is 0. The predicted octanol–water partition coefficient (Wildman–Crippen LogP) is 5.41. The zero-order valence-electron chi connectivity index (χ0n) is 19.6. The van der Waals surface area contributed by atoms with Crippen LogP contribution in [0.15, 0.2) is 66.7 Å². The van der Waals surface area contributed by atoms with Gasteiger partial charge in [0, 0.05) is 19.0 Å². The minimum absolute atomic E-state index is 0.00395. The Kier molecular flexibility index (Phi) is 8.04. The van der Waals surface area contributed by atoms with E-state index < -0.39 is 6.04 Å². The smallest absolute Gasteiger partial charge is 0.243 e. The van der Waals surface area contributed by atoms with Gasteiger partial charge in [-0.3, -0.25) is 9.59 Å². The lowest BCUT2D eigenvalue weighted by Gasteiger charge is -2.31. The molecule has 0 radical (unpaired) electrons. The summed E-state index contributed by atoms with van der Waals surface area (Å²) in [5.41, 5.74) is 3.36. The molecule has 0 aliphatic heterocycles. The van der Waals surface area contributed by atoms with Crippen LogP contribution < -0.4 is 5.32 Å². The number of hydrogen-bond donors (Lipinski definition) is 1. The monoisotopic (exact) mass is 430 g/mol. The van der Waals surface area contributed by atoms with Crippen LogP contribution in [-0.2, 0) is 22.6 Å². The topological polar surface area (TPSA) is 49.4 Å². The molecule has 3 rings (SSSR count). The van der Waals surface area contributed by atoms with Crippen molar-refractivity contribution < 1.29 is 9.59 Å². The van der Waals surface area contributed by atoms with Gasteiger partial charge < -0.3 is 10.2 Å². The van der Waals surface area contributed by atoms with Crippen LogP contribution >= 0.6 is 0 Å². The van der Waals surface area contributed by atoms with E-state index in [0.29, 0.717) is 25.8 Å². The van der Waals surface area contributed by atoms with Gasteiger partial charge in [0.15, 0.2) is 0 Å². The number of aryl methyl sites for hydroxylation is 2. The number of carbonyl (C=O) groups is 2. The van der Waals surface area contributed by atoms with Gasteiger partial charge in [-0.1, -0.05) is 79.2 Å². The maximum atomic E-state index is 13.5. The number of rotatable bonds is 9. The summed E-state index contributed by atoms with van der Waals surface area (Å²) < 4.78 is 0. The zero-order chi connectivity index (χ0) is 23.1. The Morgan fingerprint density at radius 1 is 0.938 bits per heavy atom. The number of nitrogens with zero attached hydrogens (tertiary/aromatic N) is 1. The molecular weight excluding hydrogens is 396 g/mol. The number of nitrogens with one attached hydrogen (secondary N) is 1. The van der Waals surface area contributed by atoms with Crippen molar-refractivity contribution >= 4 is 22.6 Å². The first kappa shape index (κ1) is 23.5. The minimum atomic E-state index is -0.487. The quantitative estimate of drug-likeness (QED) is 0.493. The van der Waals surface area contributed by atoms with Crippen LogP contribution in [0.1, 0.15) is 50.3 Å². The molecule has 0 bridgehead atoms. The first-order valence-electron chi connectivity index (χ1n) is 11.5. The highest BCUT2D eigenvalue weighted by molar-refractivity contribution is 5.89. The van der Waals surface area contributed by atoms with Gasteiger partial charge in [0.05, 0.1) is 0 Å². The number of fused-ring (bicyclic) bond motifs is 1. The molecule has 0 saturated carbocycles. The lowest BCUT2D eigenvalue weighted by Crippen LogP contribution is -2.50. The fourth-order valence-corrected chi connectivity index (χ4v) is 4.09. The molecule has 1 N–H and O–H groups in total. The molecule has 4 heteroatoms. The van der Waals surface area contributed by atoms with E-state index in [-0.39, 0.29) is 17.9 Å². The standard InChI is InChI=1S/C28H34N2O2/c1-5-26(28(32)29-20(2)3)30(19-22-15-13-21(4)14-16-22)27(31)18-17-24-11-8-10-23-9-6-7-12-25(23)24/h6-16,20,26H,5,17-19H2,1-4H3,(H,29,32)/t26-/m0/s1. The van der Waals surface area contributed by atoms with Gasteiger partial charge in [0.2, 0.25) is 11.8 Å². The molecule has 1 atom stereocenters. The number of amides is 2. The van der Waals surface area contributed by atoms with Crippen LogP contribution in [0.3, 0.4) is 0 Å². The maximum Gasteiger partial charge on any atom is 0.243 e. The first-order valence-corrected chi connectivity index (χ1v) is 11.5. The van der Waals surface area contributed by atoms with E-state index >= 15 is 0 Å². The third-order valence-corrected chi connectivity index (χ3v) is 5.78. The van der Waals surface area contributed by atoms with E-state index in [9.17, 15) is 9.59 Å². The van der Waals surface area contributed by atoms with Gasteiger partial charge in [-0.15, -0.1) is 0 Å². The molecule has 3 aromatic rings. The molecule has 0 fully saturated rings. The van der Waals surface area contributed by atoms with Gasteiger partial charge in [-0.25, -0.2) is 0 Å². The van der Waals surface area contributed by atoms with Crippen molar-refractivity contribution in [1.82, 2.24) is 10.2 Å². The lowest BCUT2D eigenvalue weighted by molar-refractivity contribution is -0.141. The Bertz CT molecular complexity index is 1050. The number of hydrogen-bond acceptors (Lipinski definition) is 2. The Morgan fingerprint density at radius 3 is 2.31 bits per heavy atom. The molecule has 0 aliphatic rings.